The summed E-state index contributed by atoms with van der Waals surface area (Å²) in [5.41, 5.74) is 6.48. The number of anilines is 1. The SMILES string of the molecule is COc1cc(N)ccc1C(=O)OCC(C)OC. The summed E-state index contributed by atoms with van der Waals surface area (Å²) >= 11 is 0. The third-order valence-electron chi connectivity index (χ3n) is 2.30. The maximum Gasteiger partial charge on any atom is 0.342 e. The zero-order chi connectivity index (χ0) is 12.8. The van der Waals surface area contributed by atoms with E-state index in [-0.39, 0.29) is 12.7 Å². The topological polar surface area (TPSA) is 70.8 Å². The highest BCUT2D eigenvalue weighted by Gasteiger charge is 2.14. The van der Waals surface area contributed by atoms with Crippen molar-refractivity contribution in [1.29, 1.82) is 0 Å². The lowest BCUT2D eigenvalue weighted by Gasteiger charge is -2.12. The van der Waals surface area contributed by atoms with Crippen LogP contribution in [0, 0.1) is 0 Å². The molecule has 0 radical (unpaired) electrons. The Morgan fingerprint density at radius 1 is 1.41 bits per heavy atom. The van der Waals surface area contributed by atoms with Crippen LogP contribution in [0.3, 0.4) is 0 Å². The maximum atomic E-state index is 11.8. The van der Waals surface area contributed by atoms with Crippen molar-refractivity contribution in [2.75, 3.05) is 26.6 Å². The Bertz CT molecular complexity index is 392. The van der Waals surface area contributed by atoms with Gasteiger partial charge >= 0.3 is 5.97 Å². The molecule has 0 aliphatic carbocycles. The first-order valence-electron chi connectivity index (χ1n) is 5.22. The van der Waals surface area contributed by atoms with E-state index in [2.05, 4.69) is 0 Å². The molecule has 0 aliphatic heterocycles. The predicted octanol–water partition coefficient (Wildman–Crippen LogP) is 1.47. The second-order valence-corrected chi connectivity index (χ2v) is 3.60. The van der Waals surface area contributed by atoms with Gasteiger partial charge in [-0.2, -0.15) is 0 Å². The molecule has 0 saturated carbocycles. The Kier molecular flexibility index (Phi) is 4.78. The first-order chi connectivity index (χ1) is 8.08. The Morgan fingerprint density at radius 2 is 2.12 bits per heavy atom. The van der Waals surface area contributed by atoms with E-state index in [1.165, 1.54) is 7.11 Å². The van der Waals surface area contributed by atoms with Crippen LogP contribution >= 0.6 is 0 Å². The van der Waals surface area contributed by atoms with Gasteiger partial charge < -0.3 is 19.9 Å². The monoisotopic (exact) mass is 239 g/mol. The number of esters is 1. The van der Waals surface area contributed by atoms with E-state index in [4.69, 9.17) is 19.9 Å². The van der Waals surface area contributed by atoms with E-state index >= 15 is 0 Å². The molecule has 0 bridgehead atoms. The highest BCUT2D eigenvalue weighted by atomic mass is 16.6. The number of rotatable bonds is 5. The van der Waals surface area contributed by atoms with Crippen LogP contribution < -0.4 is 10.5 Å². The predicted molar refractivity (Wildman–Crippen MR) is 64.2 cm³/mol. The molecule has 5 heteroatoms. The Labute approximate surface area is 100 Å². The van der Waals surface area contributed by atoms with Gasteiger partial charge in [0.15, 0.2) is 0 Å². The lowest BCUT2D eigenvalue weighted by Crippen LogP contribution is -2.18. The Hall–Kier alpha value is -1.75. The largest absolute Gasteiger partial charge is 0.496 e. The third-order valence-corrected chi connectivity index (χ3v) is 2.30. The molecule has 94 valence electrons. The molecule has 17 heavy (non-hydrogen) atoms. The molecule has 1 rings (SSSR count). The molecule has 1 atom stereocenters. The van der Waals surface area contributed by atoms with Crippen LogP contribution in [0.1, 0.15) is 17.3 Å². The van der Waals surface area contributed by atoms with E-state index < -0.39 is 5.97 Å². The van der Waals surface area contributed by atoms with Gasteiger partial charge in [0.25, 0.3) is 0 Å². The molecule has 1 aromatic carbocycles. The second-order valence-electron chi connectivity index (χ2n) is 3.60. The average Bonchev–Trinajstić information content (AvgIpc) is 2.35. The van der Waals surface area contributed by atoms with Crippen LogP contribution in [0.5, 0.6) is 5.75 Å². The van der Waals surface area contributed by atoms with Crippen molar-refractivity contribution in [3.63, 3.8) is 0 Å². The molecule has 1 aromatic rings. The van der Waals surface area contributed by atoms with E-state index in [9.17, 15) is 4.79 Å². The number of carbonyl (C=O) groups excluding carboxylic acids is 1. The van der Waals surface area contributed by atoms with Gasteiger partial charge in [-0.05, 0) is 19.1 Å². The first-order valence-corrected chi connectivity index (χ1v) is 5.22. The fraction of sp³-hybridized carbons (Fsp3) is 0.417. The van der Waals surface area contributed by atoms with Gasteiger partial charge in [0, 0.05) is 18.9 Å². The Balaban J connectivity index is 2.75. The van der Waals surface area contributed by atoms with Crippen LogP contribution in [0.2, 0.25) is 0 Å². The summed E-state index contributed by atoms with van der Waals surface area (Å²) in [5, 5.41) is 0. The number of benzene rings is 1. The van der Waals surface area contributed by atoms with Crippen LogP contribution in [0.4, 0.5) is 5.69 Å². The summed E-state index contributed by atoms with van der Waals surface area (Å²) in [6.45, 7) is 2.01. The molecule has 0 amide bonds. The van der Waals surface area contributed by atoms with Crippen molar-refractivity contribution in [3.8, 4) is 5.75 Å². The minimum absolute atomic E-state index is 0.140. The zero-order valence-electron chi connectivity index (χ0n) is 10.2. The standard InChI is InChI=1S/C12H17NO4/c1-8(15-2)7-17-12(14)10-5-4-9(13)6-11(10)16-3/h4-6,8H,7,13H2,1-3H3. The molecule has 0 heterocycles. The number of nitrogen functional groups attached to an aromatic ring is 1. The fourth-order valence-corrected chi connectivity index (χ4v) is 1.22. The third kappa shape index (κ3) is 3.64. The minimum atomic E-state index is -0.453. The fourth-order valence-electron chi connectivity index (χ4n) is 1.22. The van der Waals surface area contributed by atoms with Gasteiger partial charge in [0.1, 0.15) is 17.9 Å². The molecule has 0 spiro atoms. The number of nitrogens with two attached hydrogens (primary N) is 1. The van der Waals surface area contributed by atoms with Gasteiger partial charge in [0.2, 0.25) is 0 Å². The van der Waals surface area contributed by atoms with Gasteiger partial charge in [-0.25, -0.2) is 4.79 Å². The zero-order valence-corrected chi connectivity index (χ0v) is 10.2. The van der Waals surface area contributed by atoms with Gasteiger partial charge in [-0.15, -0.1) is 0 Å². The van der Waals surface area contributed by atoms with E-state index in [0.717, 1.165) is 0 Å². The highest BCUT2D eigenvalue weighted by Crippen LogP contribution is 2.22. The summed E-state index contributed by atoms with van der Waals surface area (Å²) in [6, 6.07) is 4.78. The van der Waals surface area contributed by atoms with Gasteiger partial charge in [0.05, 0.1) is 13.2 Å². The molecule has 2 N–H and O–H groups in total. The maximum absolute atomic E-state index is 11.8. The number of hydrogen-bond acceptors (Lipinski definition) is 5. The molecule has 0 saturated heterocycles. The van der Waals surface area contributed by atoms with E-state index in [1.807, 2.05) is 6.92 Å². The van der Waals surface area contributed by atoms with Crippen LogP contribution in [-0.4, -0.2) is 32.9 Å². The molecule has 5 nitrogen and oxygen atoms in total. The molecule has 0 fully saturated rings. The van der Waals surface area contributed by atoms with Crippen molar-refractivity contribution >= 4 is 11.7 Å². The van der Waals surface area contributed by atoms with Gasteiger partial charge in [-0.1, -0.05) is 0 Å². The lowest BCUT2D eigenvalue weighted by molar-refractivity contribution is 0.0167. The van der Waals surface area contributed by atoms with Crippen molar-refractivity contribution in [2.24, 2.45) is 0 Å². The highest BCUT2D eigenvalue weighted by molar-refractivity contribution is 5.93. The number of ether oxygens (including phenoxy) is 3. The smallest absolute Gasteiger partial charge is 0.342 e. The van der Waals surface area contributed by atoms with E-state index in [0.29, 0.717) is 17.0 Å². The van der Waals surface area contributed by atoms with Crippen molar-refractivity contribution in [1.82, 2.24) is 0 Å². The number of carbonyl (C=O) groups is 1. The van der Waals surface area contributed by atoms with E-state index in [1.54, 1.807) is 25.3 Å². The first kappa shape index (κ1) is 13.3. The molecule has 1 unspecified atom stereocenters. The summed E-state index contributed by atoms with van der Waals surface area (Å²) in [5.74, 6) is -0.0502. The van der Waals surface area contributed by atoms with Crippen molar-refractivity contribution < 1.29 is 19.0 Å². The number of methoxy groups -OCH3 is 2. The summed E-state index contributed by atoms with van der Waals surface area (Å²) in [7, 11) is 3.03. The van der Waals surface area contributed by atoms with Crippen LogP contribution in [-0.2, 0) is 9.47 Å². The summed E-state index contributed by atoms with van der Waals surface area (Å²) in [6.07, 6.45) is -0.140. The Morgan fingerprint density at radius 3 is 2.71 bits per heavy atom. The number of hydrogen-bond donors (Lipinski definition) is 1. The van der Waals surface area contributed by atoms with Crippen molar-refractivity contribution in [2.45, 2.75) is 13.0 Å². The van der Waals surface area contributed by atoms with Gasteiger partial charge in [-0.3, -0.25) is 0 Å². The minimum Gasteiger partial charge on any atom is -0.496 e. The molecule has 0 aromatic heterocycles. The van der Waals surface area contributed by atoms with Crippen molar-refractivity contribution in [3.05, 3.63) is 23.8 Å². The average molecular weight is 239 g/mol. The lowest BCUT2D eigenvalue weighted by atomic mass is 10.2. The molecular formula is C12H17NO4. The quantitative estimate of drug-likeness (QED) is 0.622. The molecule has 0 aliphatic rings. The second kappa shape index (κ2) is 6.10. The molecular weight excluding hydrogens is 222 g/mol. The van der Waals surface area contributed by atoms with Crippen LogP contribution in [0.25, 0.3) is 0 Å². The normalized spacial score (nSPS) is 11.9. The summed E-state index contributed by atoms with van der Waals surface area (Å²) in [4.78, 5) is 11.8. The van der Waals surface area contributed by atoms with Crippen LogP contribution in [0.15, 0.2) is 18.2 Å². The summed E-state index contributed by atoms with van der Waals surface area (Å²) < 4.78 is 15.1.